The van der Waals surface area contributed by atoms with E-state index in [1.54, 1.807) is 17.0 Å². The summed E-state index contributed by atoms with van der Waals surface area (Å²) in [5.74, 6) is 2.29. The lowest BCUT2D eigenvalue weighted by molar-refractivity contribution is -0.135. The van der Waals surface area contributed by atoms with Gasteiger partial charge in [-0.3, -0.25) is 14.5 Å². The Labute approximate surface area is 188 Å². The van der Waals surface area contributed by atoms with Gasteiger partial charge in [0, 0.05) is 49.7 Å². The summed E-state index contributed by atoms with van der Waals surface area (Å²) < 4.78 is 14.0. The van der Waals surface area contributed by atoms with Crippen LogP contribution in [0.4, 0.5) is 4.39 Å². The van der Waals surface area contributed by atoms with Crippen molar-refractivity contribution in [3.8, 4) is 0 Å². The van der Waals surface area contributed by atoms with Crippen LogP contribution in [0.15, 0.2) is 18.2 Å². The lowest BCUT2D eigenvalue weighted by Crippen LogP contribution is -2.51. The molecular formula is C24H31ClFN3O2. The molecule has 31 heavy (non-hydrogen) atoms. The Morgan fingerprint density at radius 3 is 2.48 bits per heavy atom. The zero-order valence-corrected chi connectivity index (χ0v) is 18.7. The molecule has 0 spiro atoms. The van der Waals surface area contributed by atoms with E-state index in [9.17, 15) is 14.0 Å². The Kier molecular flexibility index (Phi) is 5.72. The van der Waals surface area contributed by atoms with E-state index in [0.29, 0.717) is 49.7 Å². The maximum Gasteiger partial charge on any atom is 0.242 e. The molecule has 7 heteroatoms. The monoisotopic (exact) mass is 447 g/mol. The first kappa shape index (κ1) is 21.2. The number of halogens is 2. The first-order valence-electron chi connectivity index (χ1n) is 11.6. The average Bonchev–Trinajstić information content (AvgIpc) is 3.15. The van der Waals surface area contributed by atoms with Crippen molar-refractivity contribution in [2.75, 3.05) is 32.7 Å². The Balaban J connectivity index is 1.05. The fourth-order valence-electron chi connectivity index (χ4n) is 6.95. The molecule has 1 aliphatic heterocycles. The van der Waals surface area contributed by atoms with Gasteiger partial charge in [0.15, 0.2) is 0 Å². The number of carbonyl (C=O) groups excluding carboxylic acids is 2. The van der Waals surface area contributed by atoms with Gasteiger partial charge in [0.05, 0.1) is 6.54 Å². The third-order valence-corrected chi connectivity index (χ3v) is 8.39. The summed E-state index contributed by atoms with van der Waals surface area (Å²) in [6.45, 7) is 3.10. The number of nitrogens with one attached hydrogen (secondary N) is 1. The molecule has 4 saturated carbocycles. The molecule has 2 unspecified atom stereocenters. The van der Waals surface area contributed by atoms with Crippen molar-refractivity contribution < 1.29 is 14.0 Å². The average molecular weight is 448 g/mol. The maximum atomic E-state index is 14.0. The van der Waals surface area contributed by atoms with Gasteiger partial charge in [-0.1, -0.05) is 11.6 Å². The molecule has 168 valence electrons. The molecule has 2 amide bonds. The number of carbonyl (C=O) groups is 2. The third kappa shape index (κ3) is 4.47. The third-order valence-electron chi connectivity index (χ3n) is 8.15. The Morgan fingerprint density at radius 1 is 1.10 bits per heavy atom. The van der Waals surface area contributed by atoms with E-state index < -0.39 is 0 Å². The number of piperazine rings is 1. The second-order valence-electron chi connectivity index (χ2n) is 10.3. The topological polar surface area (TPSA) is 52.7 Å². The second kappa shape index (κ2) is 8.36. The van der Waals surface area contributed by atoms with E-state index in [1.807, 2.05) is 0 Å². The van der Waals surface area contributed by atoms with E-state index in [2.05, 4.69) is 10.2 Å². The number of benzene rings is 1. The molecule has 5 fully saturated rings. The molecule has 4 bridgehead atoms. The molecule has 2 atom stereocenters. The maximum absolute atomic E-state index is 14.0. The van der Waals surface area contributed by atoms with Gasteiger partial charge in [0.1, 0.15) is 5.82 Å². The van der Waals surface area contributed by atoms with Crippen molar-refractivity contribution in [1.29, 1.82) is 0 Å². The summed E-state index contributed by atoms with van der Waals surface area (Å²) in [6, 6.07) is 4.60. The van der Waals surface area contributed by atoms with Crippen molar-refractivity contribution in [3.05, 3.63) is 34.6 Å². The summed E-state index contributed by atoms with van der Waals surface area (Å²) in [5, 5.41) is 3.42. The molecular weight excluding hydrogens is 417 g/mol. The van der Waals surface area contributed by atoms with Crippen molar-refractivity contribution in [3.63, 3.8) is 0 Å². The van der Waals surface area contributed by atoms with Gasteiger partial charge >= 0.3 is 0 Å². The van der Waals surface area contributed by atoms with Crippen molar-refractivity contribution in [2.24, 2.45) is 23.2 Å². The highest BCUT2D eigenvalue weighted by atomic mass is 35.5. The SMILES string of the molecule is O=C(CC12CC3CC(C1)C(C3)C2)NCC(=O)N1CCN(Cc2cc(Cl)ccc2F)CC1. The van der Waals surface area contributed by atoms with E-state index in [0.717, 1.165) is 17.8 Å². The van der Waals surface area contributed by atoms with Crippen LogP contribution in [-0.2, 0) is 16.1 Å². The van der Waals surface area contributed by atoms with Crippen LogP contribution in [0.3, 0.4) is 0 Å². The minimum absolute atomic E-state index is 0.0322. The number of hydrogen-bond donors (Lipinski definition) is 1. The van der Waals surface area contributed by atoms with Gasteiger partial charge in [-0.2, -0.15) is 0 Å². The van der Waals surface area contributed by atoms with Crippen molar-refractivity contribution in [1.82, 2.24) is 15.1 Å². The summed E-state index contributed by atoms with van der Waals surface area (Å²) in [4.78, 5) is 29.1. The summed E-state index contributed by atoms with van der Waals surface area (Å²) >= 11 is 5.98. The van der Waals surface area contributed by atoms with Crippen LogP contribution in [0.2, 0.25) is 5.02 Å². The summed E-state index contributed by atoms with van der Waals surface area (Å²) in [6.07, 6.45) is 6.97. The quantitative estimate of drug-likeness (QED) is 0.726. The number of rotatable bonds is 6. The zero-order valence-electron chi connectivity index (χ0n) is 17.9. The molecule has 1 aromatic rings. The van der Waals surface area contributed by atoms with E-state index in [-0.39, 0.29) is 29.6 Å². The van der Waals surface area contributed by atoms with Gasteiger partial charge in [-0.15, -0.1) is 0 Å². The molecule has 5 aliphatic rings. The molecule has 1 heterocycles. The van der Waals surface area contributed by atoms with Crippen LogP contribution < -0.4 is 5.32 Å². The van der Waals surface area contributed by atoms with Crippen LogP contribution in [0.1, 0.15) is 44.1 Å². The highest BCUT2D eigenvalue weighted by molar-refractivity contribution is 6.30. The van der Waals surface area contributed by atoms with Gasteiger partial charge in [-0.25, -0.2) is 4.39 Å². The van der Waals surface area contributed by atoms with E-state index >= 15 is 0 Å². The largest absolute Gasteiger partial charge is 0.347 e. The Morgan fingerprint density at radius 2 is 1.81 bits per heavy atom. The van der Waals surface area contributed by atoms with Crippen LogP contribution in [-0.4, -0.2) is 54.3 Å². The van der Waals surface area contributed by atoms with Gasteiger partial charge < -0.3 is 10.2 Å². The highest BCUT2D eigenvalue weighted by Gasteiger charge is 2.56. The van der Waals surface area contributed by atoms with Crippen molar-refractivity contribution in [2.45, 2.75) is 45.1 Å². The standard InChI is InChI=1S/C24H31ClFN3O2/c25-20-1-2-21(26)19(9-20)15-28-3-5-29(6-4-28)23(31)14-27-22(30)13-24-10-16-7-17(11-24)18(8-16)12-24/h1-2,9,16-18H,3-8,10-15H2,(H,27,30). The molecule has 4 aliphatic carbocycles. The first-order chi connectivity index (χ1) is 14.9. The van der Waals surface area contributed by atoms with E-state index in [4.69, 9.17) is 11.6 Å². The summed E-state index contributed by atoms with van der Waals surface area (Å²) in [7, 11) is 0. The molecule has 1 aromatic carbocycles. The molecule has 5 nitrogen and oxygen atoms in total. The highest BCUT2D eigenvalue weighted by Crippen LogP contribution is 2.65. The van der Waals surface area contributed by atoms with Gasteiger partial charge in [0.2, 0.25) is 11.8 Å². The normalized spacial score (nSPS) is 31.9. The minimum atomic E-state index is -0.256. The second-order valence-corrected chi connectivity index (χ2v) is 10.8. The van der Waals surface area contributed by atoms with E-state index in [1.165, 1.54) is 38.2 Å². The fourth-order valence-corrected chi connectivity index (χ4v) is 7.14. The molecule has 6 rings (SSSR count). The lowest BCUT2D eigenvalue weighted by atomic mass is 9.67. The van der Waals surface area contributed by atoms with Crippen LogP contribution >= 0.6 is 11.6 Å². The lowest BCUT2D eigenvalue weighted by Gasteiger charge is -2.38. The molecule has 1 N–H and O–H groups in total. The number of hydrogen-bond acceptors (Lipinski definition) is 3. The Hall–Kier alpha value is -1.66. The van der Waals surface area contributed by atoms with Crippen LogP contribution in [0.5, 0.6) is 0 Å². The summed E-state index contributed by atoms with van der Waals surface area (Å²) in [5.41, 5.74) is 0.790. The Bertz CT molecular complexity index is 851. The predicted octanol–water partition coefficient (Wildman–Crippen LogP) is 3.46. The zero-order chi connectivity index (χ0) is 21.6. The minimum Gasteiger partial charge on any atom is -0.347 e. The fraction of sp³-hybridized carbons (Fsp3) is 0.667. The van der Waals surface area contributed by atoms with Crippen LogP contribution in [0.25, 0.3) is 0 Å². The van der Waals surface area contributed by atoms with Crippen LogP contribution in [0, 0.1) is 29.0 Å². The first-order valence-corrected chi connectivity index (χ1v) is 12.0. The molecule has 0 aromatic heterocycles. The van der Waals surface area contributed by atoms with Crippen molar-refractivity contribution >= 4 is 23.4 Å². The molecule has 0 radical (unpaired) electrons. The van der Waals surface area contributed by atoms with Gasteiger partial charge in [0.25, 0.3) is 0 Å². The predicted molar refractivity (Wildman–Crippen MR) is 117 cm³/mol. The number of amides is 2. The smallest absolute Gasteiger partial charge is 0.242 e. The molecule has 1 saturated heterocycles. The van der Waals surface area contributed by atoms with Gasteiger partial charge in [-0.05, 0) is 73.5 Å². The number of nitrogens with zero attached hydrogens (tertiary/aromatic N) is 2.